The van der Waals surface area contributed by atoms with Gasteiger partial charge in [0.05, 0.1) is 5.01 Å². The summed E-state index contributed by atoms with van der Waals surface area (Å²) < 4.78 is 13.4. The summed E-state index contributed by atoms with van der Waals surface area (Å²) in [5.41, 5.74) is 1.48. The number of nitrogens with zero attached hydrogens (tertiary/aromatic N) is 1. The van der Waals surface area contributed by atoms with Gasteiger partial charge >= 0.3 is 0 Å². The largest absolute Gasteiger partial charge is 0.246 e. The predicted molar refractivity (Wildman–Crippen MR) is 61.1 cm³/mol. The van der Waals surface area contributed by atoms with Crippen molar-refractivity contribution < 1.29 is 4.39 Å². The van der Waals surface area contributed by atoms with Gasteiger partial charge < -0.3 is 0 Å². The lowest BCUT2D eigenvalue weighted by atomic mass is 10.1. The molecule has 0 spiro atoms. The van der Waals surface area contributed by atoms with E-state index in [0.29, 0.717) is 17.0 Å². The molecule has 78 valence electrons. The quantitative estimate of drug-likeness (QED) is 0.779. The average Bonchev–Trinajstić information content (AvgIpc) is 2.58. The van der Waals surface area contributed by atoms with E-state index < -0.39 is 0 Å². The highest BCUT2D eigenvalue weighted by Crippen LogP contribution is 2.23. The van der Waals surface area contributed by atoms with Crippen molar-refractivity contribution in [2.45, 2.75) is 13.3 Å². The molecule has 1 heterocycles. The summed E-state index contributed by atoms with van der Waals surface area (Å²) in [6.07, 6.45) is 0.462. The fourth-order valence-electron chi connectivity index (χ4n) is 1.34. The predicted octanol–water partition coefficient (Wildman–Crippen LogP) is 3.83. The van der Waals surface area contributed by atoms with Crippen LogP contribution in [0.2, 0.25) is 5.02 Å². The first-order chi connectivity index (χ1) is 7.16. The van der Waals surface area contributed by atoms with Crippen LogP contribution in [0.1, 0.15) is 16.3 Å². The molecule has 1 nitrogen and oxygen atoms in total. The number of halogens is 2. The summed E-state index contributed by atoms with van der Waals surface area (Å²) in [4.78, 5) is 4.28. The molecule has 0 aliphatic carbocycles. The Bertz CT molecular complexity index is 461. The normalized spacial score (nSPS) is 10.6. The third-order valence-corrected chi connectivity index (χ3v) is 3.38. The molecule has 0 radical (unpaired) electrons. The number of benzene rings is 1. The monoisotopic (exact) mass is 241 g/mol. The molecular formula is C11H9ClFNS. The van der Waals surface area contributed by atoms with E-state index in [1.54, 1.807) is 12.1 Å². The van der Waals surface area contributed by atoms with Gasteiger partial charge in [-0.1, -0.05) is 17.7 Å². The molecule has 0 aliphatic heterocycles. The van der Waals surface area contributed by atoms with Gasteiger partial charge in [0.25, 0.3) is 0 Å². The van der Waals surface area contributed by atoms with Crippen LogP contribution < -0.4 is 0 Å². The Balaban J connectivity index is 2.31. The van der Waals surface area contributed by atoms with E-state index in [1.807, 2.05) is 12.3 Å². The van der Waals surface area contributed by atoms with Gasteiger partial charge in [-0.2, -0.15) is 0 Å². The minimum Gasteiger partial charge on any atom is -0.246 e. The van der Waals surface area contributed by atoms with E-state index in [2.05, 4.69) is 4.98 Å². The van der Waals surface area contributed by atoms with Gasteiger partial charge in [0.2, 0.25) is 0 Å². The van der Waals surface area contributed by atoms with Crippen LogP contribution >= 0.6 is 22.9 Å². The van der Waals surface area contributed by atoms with Crippen LogP contribution in [0.3, 0.4) is 0 Å². The Morgan fingerprint density at radius 1 is 1.47 bits per heavy atom. The van der Waals surface area contributed by atoms with Crippen LogP contribution in [0.4, 0.5) is 4.39 Å². The molecule has 0 unspecified atom stereocenters. The maximum Gasteiger partial charge on any atom is 0.128 e. The van der Waals surface area contributed by atoms with Crippen molar-refractivity contribution in [1.82, 2.24) is 4.98 Å². The van der Waals surface area contributed by atoms with E-state index in [0.717, 1.165) is 10.7 Å². The molecule has 0 aliphatic rings. The molecule has 4 heteroatoms. The van der Waals surface area contributed by atoms with E-state index in [9.17, 15) is 4.39 Å². The van der Waals surface area contributed by atoms with E-state index in [4.69, 9.17) is 11.6 Å². The average molecular weight is 242 g/mol. The molecule has 0 saturated heterocycles. The maximum atomic E-state index is 13.4. The molecule has 0 saturated carbocycles. The van der Waals surface area contributed by atoms with Gasteiger partial charge in [0.1, 0.15) is 5.82 Å². The van der Waals surface area contributed by atoms with Crippen molar-refractivity contribution in [3.05, 3.63) is 50.7 Å². The lowest BCUT2D eigenvalue weighted by Gasteiger charge is -2.02. The van der Waals surface area contributed by atoms with Crippen molar-refractivity contribution in [3.8, 4) is 0 Å². The second-order valence-corrected chi connectivity index (χ2v) is 4.61. The lowest BCUT2D eigenvalue weighted by Crippen LogP contribution is -1.93. The molecule has 1 aromatic carbocycles. The number of thiazole rings is 1. The smallest absolute Gasteiger partial charge is 0.128 e. The molecule has 0 fully saturated rings. The standard InChI is InChI=1S/C11H9ClFNS/c1-7-6-15-11(14-7)5-8-9(12)3-2-4-10(8)13/h2-4,6H,5H2,1H3. The zero-order valence-electron chi connectivity index (χ0n) is 8.13. The Kier molecular flexibility index (Phi) is 3.03. The summed E-state index contributed by atoms with van der Waals surface area (Å²) in [5.74, 6) is -0.268. The summed E-state index contributed by atoms with van der Waals surface area (Å²) >= 11 is 7.45. The first kappa shape index (κ1) is 10.6. The first-order valence-electron chi connectivity index (χ1n) is 4.50. The summed E-state index contributed by atoms with van der Waals surface area (Å²) in [6, 6.07) is 4.72. The van der Waals surface area contributed by atoms with Gasteiger partial charge in [0.15, 0.2) is 0 Å². The minimum absolute atomic E-state index is 0.268. The fraction of sp³-hybridized carbons (Fsp3) is 0.182. The molecule has 0 N–H and O–H groups in total. The third-order valence-electron chi connectivity index (χ3n) is 2.06. The van der Waals surface area contributed by atoms with Crippen molar-refractivity contribution in [2.24, 2.45) is 0 Å². The van der Waals surface area contributed by atoms with Crippen LogP contribution in [0.5, 0.6) is 0 Å². The topological polar surface area (TPSA) is 12.9 Å². The maximum absolute atomic E-state index is 13.4. The Hall–Kier alpha value is -0.930. The SMILES string of the molecule is Cc1csc(Cc2c(F)cccc2Cl)n1. The molecule has 2 rings (SSSR count). The summed E-state index contributed by atoms with van der Waals surface area (Å²) in [7, 11) is 0. The molecule has 0 bridgehead atoms. The van der Waals surface area contributed by atoms with Crippen molar-refractivity contribution in [2.75, 3.05) is 0 Å². The van der Waals surface area contributed by atoms with Crippen molar-refractivity contribution in [3.63, 3.8) is 0 Å². The van der Waals surface area contributed by atoms with Gasteiger partial charge in [-0.25, -0.2) is 9.37 Å². The Morgan fingerprint density at radius 2 is 2.27 bits per heavy atom. The number of hydrogen-bond donors (Lipinski definition) is 0. The van der Waals surface area contributed by atoms with Gasteiger partial charge in [-0.3, -0.25) is 0 Å². The number of hydrogen-bond acceptors (Lipinski definition) is 2. The van der Waals surface area contributed by atoms with Gasteiger partial charge in [0, 0.05) is 28.1 Å². The van der Waals surface area contributed by atoms with Gasteiger partial charge in [-0.15, -0.1) is 11.3 Å². The van der Waals surface area contributed by atoms with Crippen LogP contribution in [0, 0.1) is 12.7 Å². The molecule has 15 heavy (non-hydrogen) atoms. The summed E-state index contributed by atoms with van der Waals surface area (Å²) in [6.45, 7) is 1.92. The van der Waals surface area contributed by atoms with E-state index in [1.165, 1.54) is 17.4 Å². The van der Waals surface area contributed by atoms with Crippen LogP contribution in [0.15, 0.2) is 23.6 Å². The van der Waals surface area contributed by atoms with E-state index >= 15 is 0 Å². The van der Waals surface area contributed by atoms with Gasteiger partial charge in [-0.05, 0) is 19.1 Å². The number of aryl methyl sites for hydroxylation is 1. The molecule has 0 atom stereocenters. The van der Waals surface area contributed by atoms with Crippen LogP contribution in [-0.4, -0.2) is 4.98 Å². The zero-order chi connectivity index (χ0) is 10.8. The van der Waals surface area contributed by atoms with Crippen molar-refractivity contribution >= 4 is 22.9 Å². The number of rotatable bonds is 2. The second kappa shape index (κ2) is 4.29. The molecule has 2 aromatic rings. The van der Waals surface area contributed by atoms with Crippen LogP contribution in [-0.2, 0) is 6.42 Å². The first-order valence-corrected chi connectivity index (χ1v) is 5.76. The minimum atomic E-state index is -0.268. The highest BCUT2D eigenvalue weighted by atomic mass is 35.5. The van der Waals surface area contributed by atoms with Crippen molar-refractivity contribution in [1.29, 1.82) is 0 Å². The highest BCUT2D eigenvalue weighted by Gasteiger charge is 2.09. The highest BCUT2D eigenvalue weighted by molar-refractivity contribution is 7.09. The van der Waals surface area contributed by atoms with E-state index in [-0.39, 0.29) is 5.82 Å². The molecule has 1 aromatic heterocycles. The fourth-order valence-corrected chi connectivity index (χ4v) is 2.35. The molecule has 0 amide bonds. The Morgan fingerprint density at radius 3 is 2.87 bits per heavy atom. The third kappa shape index (κ3) is 2.36. The number of aromatic nitrogens is 1. The zero-order valence-corrected chi connectivity index (χ0v) is 9.70. The van der Waals surface area contributed by atoms with Crippen LogP contribution in [0.25, 0.3) is 0 Å². The Labute approximate surface area is 96.5 Å². The second-order valence-electron chi connectivity index (χ2n) is 3.26. The molecular weight excluding hydrogens is 233 g/mol. The summed E-state index contributed by atoms with van der Waals surface area (Å²) in [5, 5.41) is 3.30. The lowest BCUT2D eigenvalue weighted by molar-refractivity contribution is 0.614.